The van der Waals surface area contributed by atoms with Crippen molar-refractivity contribution in [2.24, 2.45) is 0 Å². The average molecular weight is 357 g/mol. The lowest BCUT2D eigenvalue weighted by atomic mass is 9.76. The summed E-state index contributed by atoms with van der Waals surface area (Å²) in [6, 6.07) is 14.9. The van der Waals surface area contributed by atoms with Gasteiger partial charge in [0.05, 0.1) is 26.1 Å². The maximum Gasteiger partial charge on any atom is 0.475 e. The zero-order chi connectivity index (χ0) is 18.9. The fourth-order valence-electron chi connectivity index (χ4n) is 2.53. The Balaban J connectivity index is 1.86. The summed E-state index contributed by atoms with van der Waals surface area (Å²) < 4.78 is 10.9. The quantitative estimate of drug-likeness (QED) is 0.592. The van der Waals surface area contributed by atoms with Gasteiger partial charge in [-0.05, 0) is 36.6 Å². The van der Waals surface area contributed by atoms with Crippen LogP contribution >= 0.6 is 0 Å². The van der Waals surface area contributed by atoms with Gasteiger partial charge in [-0.2, -0.15) is 0 Å². The van der Waals surface area contributed by atoms with Crippen LogP contribution in [0.4, 0.5) is 0 Å². The maximum atomic E-state index is 12.1. The average Bonchev–Trinajstić information content (AvgIpc) is 2.62. The van der Waals surface area contributed by atoms with Crippen molar-refractivity contribution in [2.45, 2.75) is 25.7 Å². The van der Waals surface area contributed by atoms with Crippen molar-refractivity contribution in [1.29, 1.82) is 0 Å². The fourth-order valence-corrected chi connectivity index (χ4v) is 2.53. The lowest BCUT2D eigenvalue weighted by molar-refractivity contribution is -0.122. The number of nitrogens with one attached hydrogen (secondary N) is 1. The molecule has 2 rings (SSSR count). The maximum absolute atomic E-state index is 12.1. The van der Waals surface area contributed by atoms with Gasteiger partial charge in [0.2, 0.25) is 5.91 Å². The molecule has 0 radical (unpaired) electrons. The van der Waals surface area contributed by atoms with Gasteiger partial charge in [0.1, 0.15) is 0 Å². The first-order valence-electron chi connectivity index (χ1n) is 8.46. The van der Waals surface area contributed by atoms with E-state index in [2.05, 4.69) is 5.32 Å². The molecule has 2 aromatic rings. The van der Waals surface area contributed by atoms with E-state index >= 15 is 0 Å². The van der Waals surface area contributed by atoms with Gasteiger partial charge in [-0.15, -0.1) is 0 Å². The first-order chi connectivity index (χ1) is 12.5. The number of ether oxygens (including phenoxy) is 2. The summed E-state index contributed by atoms with van der Waals surface area (Å²) in [5, 5.41) is 21.7. The lowest BCUT2D eigenvalue weighted by Crippen LogP contribution is -2.48. The number of hydrogen-bond acceptors (Lipinski definition) is 5. The molecule has 0 fully saturated rings. The van der Waals surface area contributed by atoms with Gasteiger partial charge >= 0.3 is 7.12 Å². The number of amides is 1. The number of methoxy groups -OCH3 is 1. The molecule has 7 heteroatoms. The summed E-state index contributed by atoms with van der Waals surface area (Å²) in [7, 11) is -0.0851. The summed E-state index contributed by atoms with van der Waals surface area (Å²) in [4.78, 5) is 12.1. The van der Waals surface area contributed by atoms with Crippen LogP contribution in [0, 0.1) is 6.92 Å². The Morgan fingerprint density at radius 2 is 1.88 bits per heavy atom. The van der Waals surface area contributed by atoms with Crippen molar-refractivity contribution in [2.75, 3.05) is 13.7 Å². The fraction of sp³-hybridized carbons (Fsp3) is 0.316. The molecule has 2 aromatic carbocycles. The van der Waals surface area contributed by atoms with E-state index in [9.17, 15) is 14.8 Å². The molecular formula is C19H24BNO5. The monoisotopic (exact) mass is 357 g/mol. The highest BCUT2D eigenvalue weighted by Gasteiger charge is 2.25. The van der Waals surface area contributed by atoms with Crippen molar-refractivity contribution < 1.29 is 24.3 Å². The highest BCUT2D eigenvalue weighted by molar-refractivity contribution is 6.43. The van der Waals surface area contributed by atoms with Crippen LogP contribution in [0.25, 0.3) is 0 Å². The number of carbonyl (C=O) groups excluding carboxylic acids is 1. The zero-order valence-corrected chi connectivity index (χ0v) is 15.0. The minimum absolute atomic E-state index is 0.0924. The molecule has 0 unspecified atom stereocenters. The van der Waals surface area contributed by atoms with E-state index in [1.54, 1.807) is 7.11 Å². The van der Waals surface area contributed by atoms with Crippen molar-refractivity contribution in [3.63, 3.8) is 0 Å². The molecule has 0 bridgehead atoms. The van der Waals surface area contributed by atoms with Gasteiger partial charge < -0.3 is 24.8 Å². The molecular weight excluding hydrogens is 333 g/mol. The molecule has 0 saturated heterocycles. The van der Waals surface area contributed by atoms with Crippen molar-refractivity contribution >= 4 is 13.0 Å². The van der Waals surface area contributed by atoms with E-state index in [0.29, 0.717) is 17.9 Å². The standard InChI is InChI=1S/C19H24BNO5/c1-14-8-9-16(25-2)17(12-14)26-11-10-19(22)21-18(20(23)24)13-15-6-4-3-5-7-15/h3-9,12,18,23-24H,10-11,13H2,1-2H3,(H,21,22)/t18-/m0/s1. The van der Waals surface area contributed by atoms with E-state index in [1.165, 1.54) is 0 Å². The first-order valence-corrected chi connectivity index (χ1v) is 8.46. The molecule has 0 spiro atoms. The van der Waals surface area contributed by atoms with Crippen LogP contribution in [-0.2, 0) is 11.2 Å². The highest BCUT2D eigenvalue weighted by atomic mass is 16.5. The number of carbonyl (C=O) groups is 1. The molecule has 1 atom stereocenters. The first kappa shape index (κ1) is 19.8. The topological polar surface area (TPSA) is 88.0 Å². The van der Waals surface area contributed by atoms with Crippen LogP contribution in [-0.4, -0.2) is 42.7 Å². The molecule has 6 nitrogen and oxygen atoms in total. The van der Waals surface area contributed by atoms with Crippen LogP contribution in [0.15, 0.2) is 48.5 Å². The van der Waals surface area contributed by atoms with Crippen LogP contribution in [0.3, 0.4) is 0 Å². The third-order valence-corrected chi connectivity index (χ3v) is 3.91. The summed E-state index contributed by atoms with van der Waals surface area (Å²) in [6.45, 7) is 2.10. The minimum Gasteiger partial charge on any atom is -0.493 e. The molecule has 0 heterocycles. The number of benzene rings is 2. The third kappa shape index (κ3) is 6.09. The second kappa shape index (κ2) is 9.84. The number of rotatable bonds is 9. The predicted molar refractivity (Wildman–Crippen MR) is 100 cm³/mol. The van der Waals surface area contributed by atoms with E-state index in [1.807, 2.05) is 55.5 Å². The van der Waals surface area contributed by atoms with Gasteiger partial charge in [0.25, 0.3) is 0 Å². The lowest BCUT2D eigenvalue weighted by Gasteiger charge is -2.18. The van der Waals surface area contributed by atoms with Crippen molar-refractivity contribution in [1.82, 2.24) is 5.32 Å². The van der Waals surface area contributed by atoms with Crippen LogP contribution in [0.2, 0.25) is 0 Å². The Labute approximate surface area is 153 Å². The number of hydrogen-bond donors (Lipinski definition) is 3. The minimum atomic E-state index is -1.64. The SMILES string of the molecule is COc1ccc(C)cc1OCCC(=O)N[C@@H](Cc1ccccc1)B(O)O. The Hall–Kier alpha value is -2.51. The van der Waals surface area contributed by atoms with E-state index in [4.69, 9.17) is 9.47 Å². The van der Waals surface area contributed by atoms with Gasteiger partial charge in [-0.3, -0.25) is 4.79 Å². The Kier molecular flexibility index (Phi) is 7.50. The molecule has 138 valence electrons. The second-order valence-electron chi connectivity index (χ2n) is 6.03. The third-order valence-electron chi connectivity index (χ3n) is 3.91. The second-order valence-corrected chi connectivity index (χ2v) is 6.03. The highest BCUT2D eigenvalue weighted by Crippen LogP contribution is 2.27. The smallest absolute Gasteiger partial charge is 0.475 e. The molecule has 0 aliphatic carbocycles. The zero-order valence-electron chi connectivity index (χ0n) is 15.0. The van der Waals surface area contributed by atoms with Crippen molar-refractivity contribution in [3.8, 4) is 11.5 Å². The van der Waals surface area contributed by atoms with E-state index < -0.39 is 13.1 Å². The van der Waals surface area contributed by atoms with Gasteiger partial charge in [0.15, 0.2) is 11.5 Å². The normalized spacial score (nSPS) is 11.5. The van der Waals surface area contributed by atoms with Crippen LogP contribution < -0.4 is 14.8 Å². The summed E-state index contributed by atoms with van der Waals surface area (Å²) in [5.41, 5.74) is 1.93. The van der Waals surface area contributed by atoms with E-state index in [-0.39, 0.29) is 18.9 Å². The van der Waals surface area contributed by atoms with Crippen molar-refractivity contribution in [3.05, 3.63) is 59.7 Å². The Morgan fingerprint density at radius 1 is 1.15 bits per heavy atom. The van der Waals surface area contributed by atoms with Crippen LogP contribution in [0.1, 0.15) is 17.5 Å². The molecule has 0 aromatic heterocycles. The Bertz CT molecular complexity index is 708. The molecule has 3 N–H and O–H groups in total. The van der Waals surface area contributed by atoms with E-state index in [0.717, 1.165) is 11.1 Å². The summed E-state index contributed by atoms with van der Waals surface area (Å²) >= 11 is 0. The molecule has 0 saturated carbocycles. The Morgan fingerprint density at radius 3 is 2.54 bits per heavy atom. The summed E-state index contributed by atoms with van der Waals surface area (Å²) in [5.74, 6) is 0.0797. The molecule has 0 aliphatic heterocycles. The molecule has 0 aliphatic rings. The molecule has 1 amide bonds. The van der Waals surface area contributed by atoms with Crippen LogP contribution in [0.5, 0.6) is 11.5 Å². The predicted octanol–water partition coefficient (Wildman–Crippen LogP) is 1.51. The van der Waals surface area contributed by atoms with Gasteiger partial charge in [0, 0.05) is 0 Å². The largest absolute Gasteiger partial charge is 0.493 e. The summed E-state index contributed by atoms with van der Waals surface area (Å²) in [6.07, 6.45) is 0.423. The van der Waals surface area contributed by atoms with Gasteiger partial charge in [-0.1, -0.05) is 36.4 Å². The van der Waals surface area contributed by atoms with Gasteiger partial charge in [-0.25, -0.2) is 0 Å². The number of aryl methyl sites for hydroxylation is 1. The molecule has 26 heavy (non-hydrogen) atoms.